The zero-order chi connectivity index (χ0) is 16.9. The summed E-state index contributed by atoms with van der Waals surface area (Å²) in [6, 6.07) is 10.9. The standard InChI is InChI=1S/C17H16N4O2S/c18-14(9-22)16(23)21-17-20-15(10-24-17)13-3-1-2-12(8-13)11-4-6-19-7-5-11/h1-8,10,14,22H,9,18H2,(H,20,21,23). The number of thiazole rings is 1. The summed E-state index contributed by atoms with van der Waals surface area (Å²) < 4.78 is 0. The summed E-state index contributed by atoms with van der Waals surface area (Å²) >= 11 is 1.31. The van der Waals surface area contributed by atoms with Gasteiger partial charge in [-0.25, -0.2) is 4.98 Å². The molecule has 3 rings (SSSR count). The Morgan fingerprint density at radius 1 is 1.21 bits per heavy atom. The molecule has 0 spiro atoms. The van der Waals surface area contributed by atoms with Gasteiger partial charge in [-0.05, 0) is 29.3 Å². The molecular weight excluding hydrogens is 324 g/mol. The van der Waals surface area contributed by atoms with Gasteiger partial charge < -0.3 is 16.2 Å². The van der Waals surface area contributed by atoms with Gasteiger partial charge in [-0.3, -0.25) is 9.78 Å². The molecule has 0 aliphatic carbocycles. The summed E-state index contributed by atoms with van der Waals surface area (Å²) in [6.07, 6.45) is 3.51. The number of rotatable bonds is 5. The van der Waals surface area contributed by atoms with Crippen molar-refractivity contribution in [3.05, 3.63) is 54.2 Å². The molecule has 1 unspecified atom stereocenters. The monoisotopic (exact) mass is 340 g/mol. The summed E-state index contributed by atoms with van der Waals surface area (Å²) in [7, 11) is 0. The number of hydrogen-bond acceptors (Lipinski definition) is 6. The van der Waals surface area contributed by atoms with Gasteiger partial charge in [0.2, 0.25) is 5.91 Å². The Labute approximate surface area is 143 Å². The molecule has 4 N–H and O–H groups in total. The van der Waals surface area contributed by atoms with Gasteiger partial charge in [0.15, 0.2) is 5.13 Å². The molecule has 0 saturated heterocycles. The molecule has 6 nitrogen and oxygen atoms in total. The molecule has 1 aromatic carbocycles. The van der Waals surface area contributed by atoms with Gasteiger partial charge in [-0.15, -0.1) is 11.3 Å². The number of anilines is 1. The van der Waals surface area contributed by atoms with Gasteiger partial charge in [0.05, 0.1) is 12.3 Å². The van der Waals surface area contributed by atoms with Crippen molar-refractivity contribution in [2.24, 2.45) is 5.73 Å². The van der Waals surface area contributed by atoms with E-state index in [0.29, 0.717) is 5.13 Å². The number of aliphatic hydroxyl groups is 1. The first kappa shape index (κ1) is 16.3. The van der Waals surface area contributed by atoms with Crippen LogP contribution in [0.2, 0.25) is 0 Å². The lowest BCUT2D eigenvalue weighted by molar-refractivity contribution is -0.118. The number of carbonyl (C=O) groups is 1. The van der Waals surface area contributed by atoms with E-state index in [-0.39, 0.29) is 0 Å². The molecule has 0 bridgehead atoms. The Morgan fingerprint density at radius 3 is 2.71 bits per heavy atom. The molecule has 1 atom stereocenters. The second-order valence-electron chi connectivity index (χ2n) is 5.13. The lowest BCUT2D eigenvalue weighted by Crippen LogP contribution is -2.38. The highest BCUT2D eigenvalue weighted by molar-refractivity contribution is 7.14. The first-order valence-electron chi connectivity index (χ1n) is 7.31. The third-order valence-corrected chi connectivity index (χ3v) is 4.20. The lowest BCUT2D eigenvalue weighted by atomic mass is 10.0. The minimum atomic E-state index is -0.952. The van der Waals surface area contributed by atoms with E-state index in [0.717, 1.165) is 22.4 Å². The van der Waals surface area contributed by atoms with E-state index in [2.05, 4.69) is 15.3 Å². The van der Waals surface area contributed by atoms with Crippen LogP contribution in [-0.4, -0.2) is 33.6 Å². The first-order valence-corrected chi connectivity index (χ1v) is 8.19. The van der Waals surface area contributed by atoms with Gasteiger partial charge >= 0.3 is 0 Å². The van der Waals surface area contributed by atoms with Gasteiger partial charge in [-0.1, -0.05) is 18.2 Å². The van der Waals surface area contributed by atoms with Crippen LogP contribution in [0.15, 0.2) is 54.2 Å². The molecular formula is C17H16N4O2S. The summed E-state index contributed by atoms with van der Waals surface area (Å²) in [5, 5.41) is 13.8. The molecule has 0 aliphatic heterocycles. The highest BCUT2D eigenvalue weighted by atomic mass is 32.1. The number of nitrogens with zero attached hydrogens (tertiary/aromatic N) is 2. The molecule has 1 amide bonds. The van der Waals surface area contributed by atoms with Gasteiger partial charge in [0, 0.05) is 23.3 Å². The Bertz CT molecular complexity index is 835. The van der Waals surface area contributed by atoms with Crippen LogP contribution in [0.25, 0.3) is 22.4 Å². The zero-order valence-electron chi connectivity index (χ0n) is 12.7. The summed E-state index contributed by atoms with van der Waals surface area (Å²) in [5.74, 6) is -0.455. The maximum Gasteiger partial charge on any atom is 0.245 e. The predicted octanol–water partition coefficient (Wildman–Crippen LogP) is 2.13. The van der Waals surface area contributed by atoms with Crippen molar-refractivity contribution in [2.75, 3.05) is 11.9 Å². The summed E-state index contributed by atoms with van der Waals surface area (Å²) in [5.41, 5.74) is 9.33. The number of hydrogen-bond donors (Lipinski definition) is 3. The molecule has 0 saturated carbocycles. The van der Waals surface area contributed by atoms with Crippen LogP contribution in [0, 0.1) is 0 Å². The van der Waals surface area contributed by atoms with Crippen LogP contribution >= 0.6 is 11.3 Å². The predicted molar refractivity (Wildman–Crippen MR) is 94.5 cm³/mol. The molecule has 3 aromatic rings. The topological polar surface area (TPSA) is 101 Å². The highest BCUT2D eigenvalue weighted by Crippen LogP contribution is 2.28. The Morgan fingerprint density at radius 2 is 1.96 bits per heavy atom. The van der Waals surface area contributed by atoms with E-state index in [4.69, 9.17) is 10.8 Å². The molecule has 7 heteroatoms. The molecule has 24 heavy (non-hydrogen) atoms. The number of carbonyl (C=O) groups excluding carboxylic acids is 1. The van der Waals surface area contributed by atoms with Crippen molar-refractivity contribution in [3.63, 3.8) is 0 Å². The van der Waals surface area contributed by atoms with Crippen LogP contribution in [0.4, 0.5) is 5.13 Å². The number of pyridine rings is 1. The van der Waals surface area contributed by atoms with Crippen LogP contribution in [0.3, 0.4) is 0 Å². The zero-order valence-corrected chi connectivity index (χ0v) is 13.5. The van der Waals surface area contributed by atoms with E-state index in [1.54, 1.807) is 12.4 Å². The van der Waals surface area contributed by atoms with Crippen molar-refractivity contribution >= 4 is 22.4 Å². The smallest absolute Gasteiger partial charge is 0.245 e. The van der Waals surface area contributed by atoms with E-state index < -0.39 is 18.6 Å². The normalized spacial score (nSPS) is 11.9. The van der Waals surface area contributed by atoms with Crippen molar-refractivity contribution in [1.82, 2.24) is 9.97 Å². The summed E-state index contributed by atoms with van der Waals surface area (Å²) in [6.45, 7) is -0.405. The first-order chi connectivity index (χ1) is 11.7. The molecule has 2 heterocycles. The third-order valence-electron chi connectivity index (χ3n) is 3.44. The molecule has 0 radical (unpaired) electrons. The number of aromatic nitrogens is 2. The molecule has 122 valence electrons. The maximum absolute atomic E-state index is 11.7. The highest BCUT2D eigenvalue weighted by Gasteiger charge is 2.14. The Hall–Kier alpha value is -2.61. The maximum atomic E-state index is 11.7. The van der Waals surface area contributed by atoms with Crippen molar-refractivity contribution in [1.29, 1.82) is 0 Å². The summed E-state index contributed by atoms with van der Waals surface area (Å²) in [4.78, 5) is 20.1. The molecule has 2 aromatic heterocycles. The van der Waals surface area contributed by atoms with Crippen LogP contribution < -0.4 is 11.1 Å². The SMILES string of the molecule is NC(CO)C(=O)Nc1nc(-c2cccc(-c3ccncc3)c2)cs1. The van der Waals surface area contributed by atoms with Crippen molar-refractivity contribution in [3.8, 4) is 22.4 Å². The van der Waals surface area contributed by atoms with Gasteiger partial charge in [0.1, 0.15) is 6.04 Å². The number of nitrogens with one attached hydrogen (secondary N) is 1. The Balaban J connectivity index is 1.82. The van der Waals surface area contributed by atoms with Crippen LogP contribution in [-0.2, 0) is 4.79 Å². The largest absolute Gasteiger partial charge is 0.394 e. The van der Waals surface area contributed by atoms with Crippen molar-refractivity contribution < 1.29 is 9.90 Å². The van der Waals surface area contributed by atoms with Gasteiger partial charge in [-0.2, -0.15) is 0 Å². The van der Waals surface area contributed by atoms with E-state index in [9.17, 15) is 4.79 Å². The lowest BCUT2D eigenvalue weighted by Gasteiger charge is -2.06. The average Bonchev–Trinajstić information content (AvgIpc) is 3.10. The minimum absolute atomic E-state index is 0.405. The molecule has 0 fully saturated rings. The van der Waals surface area contributed by atoms with Crippen LogP contribution in [0.1, 0.15) is 0 Å². The number of nitrogens with two attached hydrogens (primary N) is 1. The van der Waals surface area contributed by atoms with E-state index >= 15 is 0 Å². The average molecular weight is 340 g/mol. The Kier molecular flexibility index (Phi) is 4.95. The van der Waals surface area contributed by atoms with Crippen LogP contribution in [0.5, 0.6) is 0 Å². The number of amides is 1. The van der Waals surface area contributed by atoms with E-state index in [1.807, 2.05) is 41.8 Å². The minimum Gasteiger partial charge on any atom is -0.394 e. The second kappa shape index (κ2) is 7.31. The van der Waals surface area contributed by atoms with Gasteiger partial charge in [0.25, 0.3) is 0 Å². The fourth-order valence-electron chi connectivity index (χ4n) is 2.15. The third kappa shape index (κ3) is 3.65. The molecule has 0 aliphatic rings. The number of aliphatic hydroxyl groups excluding tert-OH is 1. The second-order valence-corrected chi connectivity index (χ2v) is 5.99. The van der Waals surface area contributed by atoms with Crippen molar-refractivity contribution in [2.45, 2.75) is 6.04 Å². The quantitative estimate of drug-likeness (QED) is 0.660. The number of benzene rings is 1. The fourth-order valence-corrected chi connectivity index (χ4v) is 2.87. The van der Waals surface area contributed by atoms with E-state index in [1.165, 1.54) is 11.3 Å². The fraction of sp³-hybridized carbons (Fsp3) is 0.118.